The standard InChI is InChI=1S/C24H22N2O2S2/c1-24(2)13-16-21(18(27)14-24)22(19-9-5-11-29-19)26(23(28)20-10-6-12-30-20)17-8-4-3-7-15(17)25-16/h3-12,22,25H,13-14H2,1-2H3/t22-/m1/s1. The Balaban J connectivity index is 1.78. The first-order valence-corrected chi connectivity index (χ1v) is 11.7. The Morgan fingerprint density at radius 1 is 1.03 bits per heavy atom. The van der Waals surface area contributed by atoms with Crippen molar-refractivity contribution in [3.63, 3.8) is 0 Å². The van der Waals surface area contributed by atoms with Crippen molar-refractivity contribution in [2.75, 3.05) is 10.2 Å². The number of ketones is 1. The molecule has 1 aliphatic heterocycles. The zero-order valence-electron chi connectivity index (χ0n) is 16.8. The number of nitrogens with zero attached hydrogens (tertiary/aromatic N) is 1. The van der Waals surface area contributed by atoms with Crippen LogP contribution >= 0.6 is 22.7 Å². The number of hydrogen-bond donors (Lipinski definition) is 1. The van der Waals surface area contributed by atoms with Gasteiger partial charge in [0.2, 0.25) is 0 Å². The molecule has 1 atom stereocenters. The first-order valence-electron chi connectivity index (χ1n) is 9.97. The first-order chi connectivity index (χ1) is 14.4. The number of para-hydroxylation sites is 2. The van der Waals surface area contributed by atoms with Crippen LogP contribution in [0.25, 0.3) is 0 Å². The lowest BCUT2D eigenvalue weighted by molar-refractivity contribution is -0.118. The number of nitrogens with one attached hydrogen (secondary N) is 1. The van der Waals surface area contributed by atoms with Crippen molar-refractivity contribution in [2.24, 2.45) is 5.41 Å². The third-order valence-corrected chi connectivity index (χ3v) is 7.45. The van der Waals surface area contributed by atoms with Crippen LogP contribution in [0.1, 0.15) is 47.3 Å². The molecule has 2 aromatic heterocycles. The molecule has 0 saturated heterocycles. The maximum absolute atomic E-state index is 13.8. The Labute approximate surface area is 183 Å². The number of anilines is 2. The van der Waals surface area contributed by atoms with Gasteiger partial charge in [0.05, 0.1) is 16.3 Å². The third-order valence-electron chi connectivity index (χ3n) is 5.66. The highest BCUT2D eigenvalue weighted by atomic mass is 32.1. The van der Waals surface area contributed by atoms with Crippen LogP contribution in [0.5, 0.6) is 0 Å². The van der Waals surface area contributed by atoms with Gasteiger partial charge in [0, 0.05) is 22.6 Å². The van der Waals surface area contributed by atoms with Gasteiger partial charge in [-0.15, -0.1) is 22.7 Å². The molecule has 3 heterocycles. The van der Waals surface area contributed by atoms with Gasteiger partial charge < -0.3 is 5.32 Å². The van der Waals surface area contributed by atoms with Gasteiger partial charge in [-0.25, -0.2) is 0 Å². The Kier molecular flexibility index (Phi) is 4.64. The van der Waals surface area contributed by atoms with Crippen LogP contribution in [0.2, 0.25) is 0 Å². The number of rotatable bonds is 2. The smallest absolute Gasteiger partial charge is 0.269 e. The van der Waals surface area contributed by atoms with Gasteiger partial charge in [-0.2, -0.15) is 0 Å². The quantitative estimate of drug-likeness (QED) is 0.517. The van der Waals surface area contributed by atoms with E-state index in [1.807, 2.05) is 64.2 Å². The van der Waals surface area contributed by atoms with E-state index in [1.165, 1.54) is 11.3 Å². The fourth-order valence-electron chi connectivity index (χ4n) is 4.45. The predicted octanol–water partition coefficient (Wildman–Crippen LogP) is 6.27. The number of carbonyl (C=O) groups excluding carboxylic acids is 2. The van der Waals surface area contributed by atoms with Crippen molar-refractivity contribution in [1.82, 2.24) is 0 Å². The van der Waals surface area contributed by atoms with Crippen LogP contribution in [-0.2, 0) is 4.79 Å². The van der Waals surface area contributed by atoms with Crippen LogP contribution < -0.4 is 10.2 Å². The average molecular weight is 435 g/mol. The van der Waals surface area contributed by atoms with E-state index in [1.54, 1.807) is 11.3 Å². The molecule has 1 aromatic carbocycles. The molecule has 5 rings (SSSR count). The molecular formula is C24H22N2O2S2. The van der Waals surface area contributed by atoms with E-state index < -0.39 is 6.04 Å². The number of hydrogen-bond acceptors (Lipinski definition) is 5. The van der Waals surface area contributed by atoms with Gasteiger partial charge in [-0.3, -0.25) is 14.5 Å². The summed E-state index contributed by atoms with van der Waals surface area (Å²) in [5.74, 6) is 0.0352. The van der Waals surface area contributed by atoms with Gasteiger partial charge >= 0.3 is 0 Å². The summed E-state index contributed by atoms with van der Waals surface area (Å²) in [6.07, 6.45) is 1.25. The second-order valence-electron chi connectivity index (χ2n) is 8.55. The minimum atomic E-state index is -0.436. The van der Waals surface area contributed by atoms with E-state index in [0.29, 0.717) is 11.3 Å². The molecule has 0 saturated carbocycles. The zero-order chi connectivity index (χ0) is 20.9. The van der Waals surface area contributed by atoms with E-state index in [9.17, 15) is 9.59 Å². The maximum Gasteiger partial charge on any atom is 0.269 e. The van der Waals surface area contributed by atoms with E-state index in [2.05, 4.69) is 19.2 Å². The molecule has 1 aliphatic carbocycles. The second-order valence-corrected chi connectivity index (χ2v) is 10.5. The van der Waals surface area contributed by atoms with Crippen molar-refractivity contribution in [3.8, 4) is 0 Å². The topological polar surface area (TPSA) is 49.4 Å². The van der Waals surface area contributed by atoms with Crippen LogP contribution in [0.15, 0.2) is 70.6 Å². The lowest BCUT2D eigenvalue weighted by Gasteiger charge is -2.36. The molecule has 0 spiro atoms. The number of Topliss-reactive ketones (excluding diaryl/α,β-unsaturated/α-hetero) is 1. The number of thiophene rings is 2. The summed E-state index contributed by atoms with van der Waals surface area (Å²) in [6, 6.07) is 15.2. The molecule has 1 amide bonds. The summed E-state index contributed by atoms with van der Waals surface area (Å²) in [6.45, 7) is 4.25. The third kappa shape index (κ3) is 3.20. The Morgan fingerprint density at radius 2 is 1.80 bits per heavy atom. The Hall–Kier alpha value is -2.70. The highest BCUT2D eigenvalue weighted by molar-refractivity contribution is 7.12. The molecule has 1 N–H and O–H groups in total. The maximum atomic E-state index is 13.8. The molecule has 0 radical (unpaired) electrons. The van der Waals surface area contributed by atoms with Gasteiger partial charge in [0.1, 0.15) is 6.04 Å². The first kappa shape index (κ1) is 19.3. The number of benzene rings is 1. The van der Waals surface area contributed by atoms with Gasteiger partial charge in [-0.05, 0) is 46.9 Å². The lowest BCUT2D eigenvalue weighted by Crippen LogP contribution is -2.39. The van der Waals surface area contributed by atoms with Crippen molar-refractivity contribution >= 4 is 45.7 Å². The molecule has 30 heavy (non-hydrogen) atoms. The van der Waals surface area contributed by atoms with Crippen molar-refractivity contribution < 1.29 is 9.59 Å². The van der Waals surface area contributed by atoms with Crippen molar-refractivity contribution in [3.05, 3.63) is 80.3 Å². The van der Waals surface area contributed by atoms with Gasteiger partial charge in [-0.1, -0.05) is 38.1 Å². The normalized spacial score (nSPS) is 20.3. The molecule has 0 bridgehead atoms. The van der Waals surface area contributed by atoms with Gasteiger partial charge in [0.25, 0.3) is 5.91 Å². The SMILES string of the molecule is CC1(C)CC(=O)C2=C(C1)Nc1ccccc1N(C(=O)c1cccs1)[C@@H]2c1cccs1. The van der Waals surface area contributed by atoms with E-state index >= 15 is 0 Å². The number of fused-ring (bicyclic) bond motifs is 1. The molecular weight excluding hydrogens is 412 g/mol. The van der Waals surface area contributed by atoms with Crippen LogP contribution in [-0.4, -0.2) is 11.7 Å². The monoisotopic (exact) mass is 434 g/mol. The fourth-order valence-corrected chi connectivity index (χ4v) is 5.93. The predicted molar refractivity (Wildman–Crippen MR) is 123 cm³/mol. The number of amides is 1. The second kappa shape index (κ2) is 7.22. The van der Waals surface area contributed by atoms with Gasteiger partial charge in [0.15, 0.2) is 5.78 Å². The number of allylic oxidation sites excluding steroid dienone is 1. The molecule has 2 aliphatic rings. The molecule has 4 nitrogen and oxygen atoms in total. The lowest BCUT2D eigenvalue weighted by atomic mass is 9.74. The van der Waals surface area contributed by atoms with Crippen molar-refractivity contribution in [1.29, 1.82) is 0 Å². The summed E-state index contributed by atoms with van der Waals surface area (Å²) >= 11 is 3.01. The largest absolute Gasteiger partial charge is 0.357 e. The average Bonchev–Trinajstić information content (AvgIpc) is 3.39. The minimum absolute atomic E-state index is 0.0796. The number of carbonyl (C=O) groups is 2. The summed E-state index contributed by atoms with van der Waals surface area (Å²) in [5.41, 5.74) is 3.19. The fraction of sp³-hybridized carbons (Fsp3) is 0.250. The van der Waals surface area contributed by atoms with Crippen LogP contribution in [0.3, 0.4) is 0 Å². The molecule has 3 aromatic rings. The molecule has 152 valence electrons. The minimum Gasteiger partial charge on any atom is -0.357 e. The Bertz CT molecular complexity index is 1140. The Morgan fingerprint density at radius 3 is 2.53 bits per heavy atom. The highest BCUT2D eigenvalue weighted by Crippen LogP contribution is 2.49. The van der Waals surface area contributed by atoms with E-state index in [0.717, 1.165) is 33.9 Å². The summed E-state index contributed by atoms with van der Waals surface area (Å²) < 4.78 is 0. The van der Waals surface area contributed by atoms with Crippen LogP contribution in [0, 0.1) is 5.41 Å². The molecule has 0 fully saturated rings. The highest BCUT2D eigenvalue weighted by Gasteiger charge is 2.43. The summed E-state index contributed by atoms with van der Waals surface area (Å²) in [7, 11) is 0. The summed E-state index contributed by atoms with van der Waals surface area (Å²) in [5, 5.41) is 7.46. The zero-order valence-corrected chi connectivity index (χ0v) is 18.5. The summed E-state index contributed by atoms with van der Waals surface area (Å²) in [4.78, 5) is 30.7. The molecule has 6 heteroatoms. The molecule has 0 unspecified atom stereocenters. The van der Waals surface area contributed by atoms with Crippen molar-refractivity contribution in [2.45, 2.75) is 32.7 Å². The van der Waals surface area contributed by atoms with E-state index in [4.69, 9.17) is 0 Å². The van der Waals surface area contributed by atoms with Crippen LogP contribution in [0.4, 0.5) is 11.4 Å². The van der Waals surface area contributed by atoms with E-state index in [-0.39, 0.29) is 17.1 Å².